The van der Waals surface area contributed by atoms with Gasteiger partial charge in [0.1, 0.15) is 0 Å². The largest absolute Gasteiger partial charge is 0.416 e. The van der Waals surface area contributed by atoms with Gasteiger partial charge < -0.3 is 21.1 Å². The molecule has 0 aromatic heterocycles. The number of hydrogen-bond donors (Lipinski definition) is 3. The summed E-state index contributed by atoms with van der Waals surface area (Å²) in [4.78, 5) is 22.0. The van der Waals surface area contributed by atoms with E-state index in [1.807, 2.05) is 0 Å². The number of halogens is 2. The molecule has 0 bridgehead atoms. The molecule has 110 valence electrons. The average molecular weight is 320 g/mol. The lowest BCUT2D eigenvalue weighted by atomic mass is 10.1. The summed E-state index contributed by atoms with van der Waals surface area (Å²) in [6, 6.07) is 4.74. The smallest absolute Gasteiger partial charge is 0.359 e. The van der Waals surface area contributed by atoms with Crippen molar-refractivity contribution < 1.29 is 14.3 Å². The van der Waals surface area contributed by atoms with Gasteiger partial charge in [-0.05, 0) is 24.1 Å². The second-order valence-corrected chi connectivity index (χ2v) is 4.85. The van der Waals surface area contributed by atoms with E-state index in [0.29, 0.717) is 16.5 Å². The Morgan fingerprint density at radius 3 is 2.65 bits per heavy atom. The van der Waals surface area contributed by atoms with Crippen molar-refractivity contribution >= 4 is 35.4 Å². The van der Waals surface area contributed by atoms with Gasteiger partial charge in [-0.15, -0.1) is 0 Å². The second kappa shape index (κ2) is 7.94. The fourth-order valence-corrected chi connectivity index (χ4v) is 1.91. The van der Waals surface area contributed by atoms with E-state index in [-0.39, 0.29) is 12.6 Å². The summed E-state index contributed by atoms with van der Waals surface area (Å²) >= 11 is 11.8. The van der Waals surface area contributed by atoms with Crippen molar-refractivity contribution in [3.05, 3.63) is 33.8 Å². The summed E-state index contributed by atoms with van der Waals surface area (Å²) < 4.78 is 4.34. The molecule has 1 unspecified atom stereocenters. The Balaban J connectivity index is 2.42. The highest BCUT2D eigenvalue weighted by Crippen LogP contribution is 2.21. The summed E-state index contributed by atoms with van der Waals surface area (Å²) in [5, 5.41) is 5.59. The lowest BCUT2D eigenvalue weighted by Gasteiger charge is -2.13. The van der Waals surface area contributed by atoms with Gasteiger partial charge >= 0.3 is 12.2 Å². The molecule has 1 rings (SSSR count). The van der Waals surface area contributed by atoms with Crippen LogP contribution in [0.5, 0.6) is 0 Å². The Kier molecular flexibility index (Phi) is 6.57. The van der Waals surface area contributed by atoms with Crippen LogP contribution >= 0.6 is 23.2 Å². The minimum absolute atomic E-state index is 0.148. The molecule has 4 N–H and O–H groups in total. The number of carbonyl (C=O) groups excluding carboxylic acids is 2. The fraction of sp³-hybridized carbons (Fsp3) is 0.333. The first-order valence-electron chi connectivity index (χ1n) is 5.79. The summed E-state index contributed by atoms with van der Waals surface area (Å²) in [5.74, 6) is 0. The summed E-state index contributed by atoms with van der Waals surface area (Å²) in [6.07, 6.45) is -1.24. The van der Waals surface area contributed by atoms with Crippen molar-refractivity contribution in [1.82, 2.24) is 10.6 Å². The zero-order valence-corrected chi connectivity index (χ0v) is 12.3. The third-order valence-corrected chi connectivity index (χ3v) is 2.98. The van der Waals surface area contributed by atoms with E-state index in [0.717, 1.165) is 5.56 Å². The van der Waals surface area contributed by atoms with Crippen molar-refractivity contribution in [3.8, 4) is 0 Å². The minimum atomic E-state index is -0.859. The van der Waals surface area contributed by atoms with Crippen LogP contribution in [0.15, 0.2) is 18.2 Å². The Labute approximate surface area is 126 Å². The van der Waals surface area contributed by atoms with Crippen LogP contribution < -0.4 is 16.4 Å². The highest BCUT2D eigenvalue weighted by molar-refractivity contribution is 6.35. The van der Waals surface area contributed by atoms with Crippen LogP contribution in [0.2, 0.25) is 10.0 Å². The van der Waals surface area contributed by atoms with Gasteiger partial charge in [-0.1, -0.05) is 29.3 Å². The van der Waals surface area contributed by atoms with Crippen molar-refractivity contribution in [1.29, 1.82) is 0 Å². The maximum atomic E-state index is 11.2. The molecule has 0 aliphatic carbocycles. The molecule has 6 nitrogen and oxygen atoms in total. The van der Waals surface area contributed by atoms with Gasteiger partial charge in [0.2, 0.25) is 0 Å². The molecule has 0 aliphatic rings. The van der Waals surface area contributed by atoms with Crippen LogP contribution in [-0.2, 0) is 11.2 Å². The normalized spacial score (nSPS) is 11.6. The van der Waals surface area contributed by atoms with Crippen molar-refractivity contribution in [2.24, 2.45) is 5.73 Å². The van der Waals surface area contributed by atoms with Gasteiger partial charge in [0.15, 0.2) is 0 Å². The van der Waals surface area contributed by atoms with Crippen molar-refractivity contribution in [2.75, 3.05) is 13.6 Å². The summed E-state index contributed by atoms with van der Waals surface area (Å²) in [6.45, 7) is 0.148. The molecular formula is C12H15Cl2N3O3. The van der Waals surface area contributed by atoms with E-state index in [4.69, 9.17) is 28.9 Å². The molecule has 1 aromatic carbocycles. The number of carbonyl (C=O) groups is 2. The Bertz CT molecular complexity index is 497. The molecule has 20 heavy (non-hydrogen) atoms. The molecule has 0 heterocycles. The molecule has 0 spiro atoms. The van der Waals surface area contributed by atoms with Gasteiger partial charge in [0, 0.05) is 29.7 Å². The Hall–Kier alpha value is -1.50. The number of nitrogens with one attached hydrogen (secondary N) is 2. The number of nitrogens with two attached hydrogens (primary N) is 1. The number of rotatable bonds is 4. The number of hydrogen-bond acceptors (Lipinski definition) is 4. The predicted molar refractivity (Wildman–Crippen MR) is 77.1 cm³/mol. The Morgan fingerprint density at radius 2 is 2.05 bits per heavy atom. The highest BCUT2D eigenvalue weighted by Gasteiger charge is 2.12. The van der Waals surface area contributed by atoms with Crippen LogP contribution in [-0.4, -0.2) is 31.8 Å². The van der Waals surface area contributed by atoms with Gasteiger partial charge in [0.05, 0.1) is 0 Å². The first kappa shape index (κ1) is 16.6. The van der Waals surface area contributed by atoms with Gasteiger partial charge in [0.25, 0.3) is 0 Å². The highest BCUT2D eigenvalue weighted by atomic mass is 35.5. The number of alkyl carbamates (subject to hydrolysis) is 2. The molecule has 8 heteroatoms. The van der Waals surface area contributed by atoms with Gasteiger partial charge in [-0.2, -0.15) is 0 Å². The maximum absolute atomic E-state index is 11.2. The SMILES string of the molecule is CNC(=O)OC(=O)NCC(N)Cc1ccc(Cl)cc1Cl. The number of amides is 2. The summed E-state index contributed by atoms with van der Waals surface area (Å²) in [5.41, 5.74) is 6.69. The lowest BCUT2D eigenvalue weighted by Crippen LogP contribution is -2.40. The zero-order chi connectivity index (χ0) is 15.1. The third kappa shape index (κ3) is 5.64. The molecule has 1 atom stereocenters. The maximum Gasteiger partial charge on any atom is 0.416 e. The van der Waals surface area contributed by atoms with E-state index in [1.165, 1.54) is 7.05 Å². The van der Waals surface area contributed by atoms with Crippen molar-refractivity contribution in [2.45, 2.75) is 12.5 Å². The van der Waals surface area contributed by atoms with Crippen molar-refractivity contribution in [3.63, 3.8) is 0 Å². The summed E-state index contributed by atoms with van der Waals surface area (Å²) in [7, 11) is 1.35. The van der Waals surface area contributed by atoms with Crippen LogP contribution in [0, 0.1) is 0 Å². The molecule has 0 saturated carbocycles. The molecular weight excluding hydrogens is 305 g/mol. The molecule has 1 aromatic rings. The predicted octanol–water partition coefficient (Wildman–Crippen LogP) is 1.93. The van der Waals surface area contributed by atoms with Gasteiger partial charge in [-0.25, -0.2) is 9.59 Å². The molecule has 2 amide bonds. The zero-order valence-electron chi connectivity index (χ0n) is 10.8. The first-order chi connectivity index (χ1) is 9.42. The van der Waals surface area contributed by atoms with Gasteiger partial charge in [-0.3, -0.25) is 0 Å². The second-order valence-electron chi connectivity index (χ2n) is 4.01. The van der Waals surface area contributed by atoms with Crippen LogP contribution in [0.4, 0.5) is 9.59 Å². The molecule has 0 radical (unpaired) electrons. The monoisotopic (exact) mass is 319 g/mol. The van der Waals surface area contributed by atoms with E-state index in [2.05, 4.69) is 15.4 Å². The molecule has 0 aliphatic heterocycles. The van der Waals surface area contributed by atoms with E-state index >= 15 is 0 Å². The average Bonchev–Trinajstić information content (AvgIpc) is 2.39. The quantitative estimate of drug-likeness (QED) is 0.739. The Morgan fingerprint density at radius 1 is 1.35 bits per heavy atom. The standard InChI is InChI=1S/C12H15Cl2N3O3/c1-16-11(18)20-12(19)17-6-9(15)4-7-2-3-8(13)5-10(7)14/h2-3,5,9H,4,6,15H2,1H3,(H,16,18)(H,17,19). The number of benzene rings is 1. The lowest BCUT2D eigenvalue weighted by molar-refractivity contribution is 0.151. The number of ether oxygens (including phenoxy) is 1. The topological polar surface area (TPSA) is 93.4 Å². The minimum Gasteiger partial charge on any atom is -0.359 e. The third-order valence-electron chi connectivity index (χ3n) is 2.40. The van der Waals surface area contributed by atoms with Crippen LogP contribution in [0.3, 0.4) is 0 Å². The van der Waals surface area contributed by atoms with E-state index in [9.17, 15) is 9.59 Å². The fourth-order valence-electron chi connectivity index (χ4n) is 1.43. The van der Waals surface area contributed by atoms with E-state index in [1.54, 1.807) is 18.2 Å². The first-order valence-corrected chi connectivity index (χ1v) is 6.55. The molecule has 0 saturated heterocycles. The van der Waals surface area contributed by atoms with Crippen LogP contribution in [0.25, 0.3) is 0 Å². The molecule has 0 fully saturated rings. The van der Waals surface area contributed by atoms with E-state index < -0.39 is 12.2 Å². The van der Waals surface area contributed by atoms with Crippen LogP contribution in [0.1, 0.15) is 5.56 Å².